The predicted molar refractivity (Wildman–Crippen MR) is 90.6 cm³/mol. The van der Waals surface area contributed by atoms with Crippen molar-refractivity contribution in [2.45, 2.75) is 0 Å². The highest BCUT2D eigenvalue weighted by molar-refractivity contribution is 6.03. The van der Waals surface area contributed by atoms with Crippen molar-refractivity contribution in [3.63, 3.8) is 0 Å². The Labute approximate surface area is 137 Å². The van der Waals surface area contributed by atoms with E-state index in [1.54, 1.807) is 30.6 Å². The Morgan fingerprint density at radius 1 is 1.00 bits per heavy atom. The molecule has 0 aliphatic carbocycles. The molecule has 0 spiro atoms. The number of hydrogen-bond donors (Lipinski definition) is 1. The molecular weight excluding hydrogens is 302 g/mol. The molecule has 4 aromatic rings. The Hall–Kier alpha value is -3.54. The number of fused-ring (bicyclic) bond motifs is 1. The lowest BCUT2D eigenvalue weighted by Crippen LogP contribution is -2.14. The molecule has 0 saturated heterocycles. The number of aromatic nitrogens is 4. The lowest BCUT2D eigenvalue weighted by atomic mass is 10.2. The summed E-state index contributed by atoms with van der Waals surface area (Å²) in [5.41, 5.74) is 3.10. The van der Waals surface area contributed by atoms with Crippen LogP contribution in [0.5, 0.6) is 0 Å². The van der Waals surface area contributed by atoms with E-state index in [-0.39, 0.29) is 11.9 Å². The number of carbonyl (C=O) groups is 1. The molecule has 0 radical (unpaired) electrons. The van der Waals surface area contributed by atoms with Crippen LogP contribution in [-0.4, -0.2) is 25.3 Å². The van der Waals surface area contributed by atoms with Gasteiger partial charge in [0.15, 0.2) is 0 Å². The second-order valence-corrected chi connectivity index (χ2v) is 5.20. The molecule has 3 aromatic heterocycles. The molecule has 3 heterocycles. The highest BCUT2D eigenvalue weighted by Crippen LogP contribution is 2.19. The summed E-state index contributed by atoms with van der Waals surface area (Å²) in [5, 5.41) is 2.66. The van der Waals surface area contributed by atoms with Gasteiger partial charge in [-0.25, -0.2) is 15.0 Å². The van der Waals surface area contributed by atoms with Crippen LogP contribution < -0.4 is 5.32 Å². The van der Waals surface area contributed by atoms with Crippen LogP contribution in [0.3, 0.4) is 0 Å². The maximum atomic E-state index is 12.3. The van der Waals surface area contributed by atoms with Crippen molar-refractivity contribution in [2.75, 3.05) is 5.32 Å². The largest absolute Gasteiger partial charge is 0.306 e. The van der Waals surface area contributed by atoms with E-state index >= 15 is 0 Å². The van der Waals surface area contributed by atoms with Crippen molar-refractivity contribution in [1.82, 2.24) is 19.4 Å². The Morgan fingerprint density at radius 3 is 2.58 bits per heavy atom. The summed E-state index contributed by atoms with van der Waals surface area (Å²) in [6.45, 7) is 0. The van der Waals surface area contributed by atoms with Gasteiger partial charge in [0.2, 0.25) is 5.95 Å². The summed E-state index contributed by atoms with van der Waals surface area (Å²) in [6, 6.07) is 15.1. The maximum absolute atomic E-state index is 12.3. The van der Waals surface area contributed by atoms with Crippen molar-refractivity contribution in [3.8, 4) is 11.3 Å². The van der Waals surface area contributed by atoms with Gasteiger partial charge in [-0.05, 0) is 18.2 Å². The van der Waals surface area contributed by atoms with E-state index < -0.39 is 0 Å². The van der Waals surface area contributed by atoms with Crippen LogP contribution in [0.1, 0.15) is 10.4 Å². The number of anilines is 1. The minimum absolute atomic E-state index is 0.270. The third kappa shape index (κ3) is 2.72. The monoisotopic (exact) mass is 315 g/mol. The van der Waals surface area contributed by atoms with Gasteiger partial charge in [0.1, 0.15) is 5.65 Å². The lowest BCUT2D eigenvalue weighted by Gasteiger charge is -2.03. The zero-order valence-corrected chi connectivity index (χ0v) is 12.6. The minimum atomic E-state index is -0.270. The van der Waals surface area contributed by atoms with Gasteiger partial charge in [-0.15, -0.1) is 0 Å². The number of amides is 1. The second kappa shape index (κ2) is 5.92. The van der Waals surface area contributed by atoms with Gasteiger partial charge in [-0.2, -0.15) is 0 Å². The Kier molecular flexibility index (Phi) is 3.47. The molecule has 116 valence electrons. The molecule has 1 amide bonds. The molecule has 6 heteroatoms. The van der Waals surface area contributed by atoms with E-state index in [2.05, 4.69) is 20.3 Å². The van der Waals surface area contributed by atoms with E-state index in [0.717, 1.165) is 11.3 Å². The lowest BCUT2D eigenvalue weighted by molar-refractivity contribution is 0.102. The summed E-state index contributed by atoms with van der Waals surface area (Å²) in [7, 11) is 0. The Balaban J connectivity index is 1.65. The van der Waals surface area contributed by atoms with Crippen LogP contribution >= 0.6 is 0 Å². The van der Waals surface area contributed by atoms with Crippen LogP contribution in [0.25, 0.3) is 16.9 Å². The average molecular weight is 315 g/mol. The van der Waals surface area contributed by atoms with Crippen LogP contribution in [0, 0.1) is 0 Å². The molecule has 0 aliphatic rings. The first-order chi connectivity index (χ1) is 11.8. The molecule has 0 aliphatic heterocycles. The van der Waals surface area contributed by atoms with Crippen LogP contribution in [-0.2, 0) is 0 Å². The van der Waals surface area contributed by atoms with Crippen LogP contribution in [0.15, 0.2) is 73.3 Å². The van der Waals surface area contributed by atoms with Crippen molar-refractivity contribution in [2.24, 2.45) is 0 Å². The topological polar surface area (TPSA) is 72.2 Å². The standard InChI is InChI=1S/C18H13N5O/c24-17(22-18-19-8-4-9-20-18)14-7-10-23-12-15(21-16(23)11-14)13-5-2-1-3-6-13/h1-12H,(H,19,20,22,24). The van der Waals surface area contributed by atoms with E-state index in [0.29, 0.717) is 11.2 Å². The molecule has 0 unspecified atom stereocenters. The number of imidazole rings is 1. The normalized spacial score (nSPS) is 10.7. The van der Waals surface area contributed by atoms with E-state index in [1.165, 1.54) is 0 Å². The summed E-state index contributed by atoms with van der Waals surface area (Å²) in [6.07, 6.45) is 6.90. The van der Waals surface area contributed by atoms with Crippen molar-refractivity contribution < 1.29 is 4.79 Å². The number of nitrogens with one attached hydrogen (secondary N) is 1. The third-order valence-electron chi connectivity index (χ3n) is 3.58. The highest BCUT2D eigenvalue weighted by atomic mass is 16.1. The summed E-state index contributed by atoms with van der Waals surface area (Å²) in [5.74, 6) is 0.00338. The fourth-order valence-electron chi connectivity index (χ4n) is 2.41. The highest BCUT2D eigenvalue weighted by Gasteiger charge is 2.10. The number of nitrogens with zero attached hydrogens (tertiary/aromatic N) is 4. The molecule has 6 nitrogen and oxygen atoms in total. The second-order valence-electron chi connectivity index (χ2n) is 5.20. The first-order valence-electron chi connectivity index (χ1n) is 7.42. The number of hydrogen-bond acceptors (Lipinski definition) is 4. The Morgan fingerprint density at radius 2 is 1.79 bits per heavy atom. The van der Waals surface area contributed by atoms with Gasteiger partial charge in [0.05, 0.1) is 5.69 Å². The first kappa shape index (κ1) is 14.1. The van der Waals surface area contributed by atoms with Gasteiger partial charge >= 0.3 is 0 Å². The fourth-order valence-corrected chi connectivity index (χ4v) is 2.41. The van der Waals surface area contributed by atoms with Crippen molar-refractivity contribution >= 4 is 17.5 Å². The summed E-state index contributed by atoms with van der Waals surface area (Å²) < 4.78 is 1.89. The van der Waals surface area contributed by atoms with E-state index in [1.807, 2.05) is 47.1 Å². The summed E-state index contributed by atoms with van der Waals surface area (Å²) >= 11 is 0. The van der Waals surface area contributed by atoms with Gasteiger partial charge in [-0.1, -0.05) is 30.3 Å². The molecule has 1 aromatic carbocycles. The minimum Gasteiger partial charge on any atom is -0.306 e. The number of rotatable bonds is 3. The molecule has 24 heavy (non-hydrogen) atoms. The molecule has 0 fully saturated rings. The van der Waals surface area contributed by atoms with Crippen molar-refractivity contribution in [1.29, 1.82) is 0 Å². The molecule has 0 atom stereocenters. The summed E-state index contributed by atoms with van der Waals surface area (Å²) in [4.78, 5) is 24.9. The number of benzene rings is 1. The molecule has 1 N–H and O–H groups in total. The zero-order chi connectivity index (χ0) is 16.4. The predicted octanol–water partition coefficient (Wildman–Crippen LogP) is 3.04. The third-order valence-corrected chi connectivity index (χ3v) is 3.58. The van der Waals surface area contributed by atoms with Gasteiger partial charge < -0.3 is 4.40 Å². The average Bonchev–Trinajstić information content (AvgIpc) is 3.06. The van der Waals surface area contributed by atoms with Gasteiger partial charge in [0, 0.05) is 35.9 Å². The quantitative estimate of drug-likeness (QED) is 0.631. The van der Waals surface area contributed by atoms with Crippen LogP contribution in [0.2, 0.25) is 0 Å². The van der Waals surface area contributed by atoms with Gasteiger partial charge in [0.25, 0.3) is 5.91 Å². The fraction of sp³-hybridized carbons (Fsp3) is 0. The molecule has 4 rings (SSSR count). The maximum Gasteiger partial charge on any atom is 0.258 e. The smallest absolute Gasteiger partial charge is 0.258 e. The zero-order valence-electron chi connectivity index (χ0n) is 12.6. The first-order valence-corrected chi connectivity index (χ1v) is 7.42. The molecule has 0 bridgehead atoms. The van der Waals surface area contributed by atoms with Gasteiger partial charge in [-0.3, -0.25) is 10.1 Å². The van der Waals surface area contributed by atoms with Crippen molar-refractivity contribution in [3.05, 3.63) is 78.9 Å². The van der Waals surface area contributed by atoms with E-state index in [4.69, 9.17) is 0 Å². The Bertz CT molecular complexity index is 996. The SMILES string of the molecule is O=C(Nc1ncccn1)c1ccn2cc(-c3ccccc3)nc2c1. The van der Waals surface area contributed by atoms with E-state index in [9.17, 15) is 4.79 Å². The number of carbonyl (C=O) groups excluding carboxylic acids is 1. The number of pyridine rings is 1. The van der Waals surface area contributed by atoms with Crippen LogP contribution in [0.4, 0.5) is 5.95 Å². The molecule has 0 saturated carbocycles. The molecular formula is C18H13N5O.